The smallest absolute Gasteiger partial charge is 0.255 e. The van der Waals surface area contributed by atoms with Crippen LogP contribution < -0.4 is 4.90 Å². The van der Waals surface area contributed by atoms with Gasteiger partial charge >= 0.3 is 0 Å². The van der Waals surface area contributed by atoms with Crippen LogP contribution in [0, 0.1) is 13.8 Å². The minimum absolute atomic E-state index is 0.138. The van der Waals surface area contributed by atoms with Gasteiger partial charge < -0.3 is 9.80 Å². The first-order valence-electron chi connectivity index (χ1n) is 11.1. The molecule has 2 aromatic rings. The van der Waals surface area contributed by atoms with Crippen molar-refractivity contribution >= 4 is 21.6 Å². The molecule has 0 spiro atoms. The van der Waals surface area contributed by atoms with E-state index in [4.69, 9.17) is 0 Å². The quantitative estimate of drug-likeness (QED) is 0.729. The van der Waals surface area contributed by atoms with E-state index in [-0.39, 0.29) is 16.4 Å². The predicted molar refractivity (Wildman–Crippen MR) is 123 cm³/mol. The van der Waals surface area contributed by atoms with E-state index in [1.807, 2.05) is 0 Å². The van der Waals surface area contributed by atoms with Crippen molar-refractivity contribution < 1.29 is 13.2 Å². The van der Waals surface area contributed by atoms with Gasteiger partial charge in [-0.2, -0.15) is 4.31 Å². The molecule has 2 fully saturated rings. The second-order valence-corrected chi connectivity index (χ2v) is 10.4. The molecule has 6 nitrogen and oxygen atoms in total. The molecule has 0 bridgehead atoms. The molecular weight excluding hydrogens is 410 g/mol. The number of piperidine rings is 1. The lowest BCUT2D eigenvalue weighted by atomic mass is 10.1. The number of hydrogen-bond acceptors (Lipinski definition) is 4. The lowest BCUT2D eigenvalue weighted by Gasteiger charge is -2.37. The number of carbonyl (C=O) groups excluding carboxylic acids is 1. The highest BCUT2D eigenvalue weighted by Crippen LogP contribution is 2.27. The summed E-state index contributed by atoms with van der Waals surface area (Å²) in [4.78, 5) is 17.6. The highest BCUT2D eigenvalue weighted by molar-refractivity contribution is 7.89. The van der Waals surface area contributed by atoms with Gasteiger partial charge in [0.05, 0.1) is 10.5 Å². The maximum atomic E-state index is 13.3. The Labute approximate surface area is 185 Å². The van der Waals surface area contributed by atoms with Crippen LogP contribution in [0.4, 0.5) is 5.69 Å². The number of piperazine rings is 1. The molecule has 31 heavy (non-hydrogen) atoms. The molecule has 0 saturated carbocycles. The summed E-state index contributed by atoms with van der Waals surface area (Å²) in [6, 6.07) is 13.0. The lowest BCUT2D eigenvalue weighted by Crippen LogP contribution is -2.49. The van der Waals surface area contributed by atoms with Crippen LogP contribution >= 0.6 is 0 Å². The molecule has 2 saturated heterocycles. The molecule has 2 heterocycles. The average Bonchev–Trinajstić information content (AvgIpc) is 2.81. The summed E-state index contributed by atoms with van der Waals surface area (Å²) in [5.74, 6) is -0.197. The topological polar surface area (TPSA) is 60.9 Å². The minimum atomic E-state index is -3.67. The van der Waals surface area contributed by atoms with E-state index in [9.17, 15) is 13.2 Å². The summed E-state index contributed by atoms with van der Waals surface area (Å²) in [6.45, 7) is 7.91. The molecular formula is C24H31N3O3S. The average molecular weight is 442 g/mol. The number of hydrogen-bond donors (Lipinski definition) is 0. The molecule has 1 amide bonds. The highest BCUT2D eigenvalue weighted by Gasteiger charge is 2.32. The first kappa shape index (κ1) is 21.8. The monoisotopic (exact) mass is 441 g/mol. The fraction of sp³-hybridized carbons (Fsp3) is 0.458. The normalized spacial score (nSPS) is 18.3. The Bertz CT molecular complexity index is 1050. The van der Waals surface area contributed by atoms with Gasteiger partial charge in [0.2, 0.25) is 10.0 Å². The van der Waals surface area contributed by atoms with E-state index in [0.29, 0.717) is 26.2 Å². The van der Waals surface area contributed by atoms with Gasteiger partial charge in [-0.3, -0.25) is 4.79 Å². The van der Waals surface area contributed by atoms with Gasteiger partial charge in [-0.1, -0.05) is 30.7 Å². The van der Waals surface area contributed by atoms with Crippen LogP contribution in [0.25, 0.3) is 0 Å². The fourth-order valence-corrected chi connectivity index (χ4v) is 6.21. The van der Waals surface area contributed by atoms with Gasteiger partial charge in [0.15, 0.2) is 0 Å². The second kappa shape index (κ2) is 9.01. The molecule has 2 aliphatic heterocycles. The number of carbonyl (C=O) groups is 1. The Balaban J connectivity index is 1.52. The largest absolute Gasteiger partial charge is 0.368 e. The SMILES string of the molecule is Cc1cccc(N2CCN(C(=O)c3ccccc3S(=O)(=O)N3CCCCC3)CC2)c1C. The first-order valence-corrected chi connectivity index (χ1v) is 12.5. The van der Waals surface area contributed by atoms with Crippen LogP contribution in [0.5, 0.6) is 0 Å². The zero-order valence-corrected chi connectivity index (χ0v) is 19.2. The van der Waals surface area contributed by atoms with Crippen molar-refractivity contribution in [2.24, 2.45) is 0 Å². The Morgan fingerprint density at radius 3 is 2.19 bits per heavy atom. The second-order valence-electron chi connectivity index (χ2n) is 8.46. The predicted octanol–water partition coefficient (Wildman–Crippen LogP) is 3.44. The van der Waals surface area contributed by atoms with Gasteiger partial charge in [-0.25, -0.2) is 8.42 Å². The van der Waals surface area contributed by atoms with Crippen molar-refractivity contribution in [3.63, 3.8) is 0 Å². The van der Waals surface area contributed by atoms with E-state index >= 15 is 0 Å². The Kier molecular flexibility index (Phi) is 6.34. The fourth-order valence-electron chi connectivity index (χ4n) is 4.51. The maximum Gasteiger partial charge on any atom is 0.255 e. The Morgan fingerprint density at radius 2 is 1.48 bits per heavy atom. The van der Waals surface area contributed by atoms with Gasteiger partial charge in [0, 0.05) is 45.0 Å². The van der Waals surface area contributed by atoms with Crippen LogP contribution in [0.1, 0.15) is 40.7 Å². The molecule has 7 heteroatoms. The maximum absolute atomic E-state index is 13.3. The van der Waals surface area contributed by atoms with Gasteiger partial charge in [0.1, 0.15) is 0 Å². The van der Waals surface area contributed by atoms with Gasteiger partial charge in [-0.05, 0) is 56.0 Å². The summed E-state index contributed by atoms with van der Waals surface area (Å²) < 4.78 is 28.0. The number of rotatable bonds is 4. The molecule has 0 aromatic heterocycles. The number of benzene rings is 2. The standard InChI is InChI=1S/C24H31N3O3S/c1-19-9-8-11-22(20(19)2)25-15-17-26(18-16-25)24(28)21-10-4-5-12-23(21)31(29,30)27-13-6-3-7-14-27/h4-5,8-12H,3,6-7,13-18H2,1-2H3. The Hall–Kier alpha value is -2.38. The van der Waals surface area contributed by atoms with Crippen molar-refractivity contribution in [2.75, 3.05) is 44.2 Å². The lowest BCUT2D eigenvalue weighted by molar-refractivity contribution is 0.0742. The van der Waals surface area contributed by atoms with Crippen LogP contribution in [0.3, 0.4) is 0 Å². The van der Waals surface area contributed by atoms with Crippen LogP contribution in [0.15, 0.2) is 47.4 Å². The third-order valence-electron chi connectivity index (χ3n) is 6.53. The molecule has 4 rings (SSSR count). The van der Waals surface area contributed by atoms with Crippen LogP contribution in [0.2, 0.25) is 0 Å². The minimum Gasteiger partial charge on any atom is -0.368 e. The zero-order chi connectivity index (χ0) is 22.0. The van der Waals surface area contributed by atoms with Gasteiger partial charge in [0.25, 0.3) is 5.91 Å². The summed E-state index contributed by atoms with van der Waals surface area (Å²) in [7, 11) is -3.67. The van der Waals surface area contributed by atoms with E-state index < -0.39 is 10.0 Å². The molecule has 2 aromatic carbocycles. The number of aryl methyl sites for hydroxylation is 1. The molecule has 166 valence electrons. The van der Waals surface area contributed by atoms with Crippen LogP contribution in [-0.4, -0.2) is 62.8 Å². The van der Waals surface area contributed by atoms with Crippen molar-refractivity contribution in [3.05, 3.63) is 59.2 Å². The molecule has 2 aliphatic rings. The van der Waals surface area contributed by atoms with Gasteiger partial charge in [-0.15, -0.1) is 0 Å². The van der Waals surface area contributed by atoms with Crippen molar-refractivity contribution in [2.45, 2.75) is 38.0 Å². The Morgan fingerprint density at radius 1 is 0.806 bits per heavy atom. The van der Waals surface area contributed by atoms with Crippen LogP contribution in [-0.2, 0) is 10.0 Å². The summed E-state index contributed by atoms with van der Waals surface area (Å²) in [5, 5.41) is 0. The summed E-state index contributed by atoms with van der Waals surface area (Å²) in [6.07, 6.45) is 2.79. The summed E-state index contributed by atoms with van der Waals surface area (Å²) in [5.41, 5.74) is 4.02. The van der Waals surface area contributed by atoms with E-state index in [1.165, 1.54) is 21.1 Å². The molecule has 0 aliphatic carbocycles. The third kappa shape index (κ3) is 4.34. The van der Waals surface area contributed by atoms with E-state index in [2.05, 4.69) is 36.9 Å². The summed E-state index contributed by atoms with van der Waals surface area (Å²) >= 11 is 0. The van der Waals surface area contributed by atoms with Crippen molar-refractivity contribution in [1.29, 1.82) is 0 Å². The van der Waals surface area contributed by atoms with Crippen molar-refractivity contribution in [3.8, 4) is 0 Å². The molecule has 0 radical (unpaired) electrons. The number of anilines is 1. The number of sulfonamides is 1. The molecule has 0 N–H and O–H groups in total. The third-order valence-corrected chi connectivity index (χ3v) is 8.49. The molecule has 0 unspecified atom stereocenters. The van der Waals surface area contributed by atoms with E-state index in [1.54, 1.807) is 29.2 Å². The number of amides is 1. The van der Waals surface area contributed by atoms with Crippen molar-refractivity contribution in [1.82, 2.24) is 9.21 Å². The highest BCUT2D eigenvalue weighted by atomic mass is 32.2. The van der Waals surface area contributed by atoms with E-state index in [0.717, 1.165) is 32.4 Å². The molecule has 0 atom stereocenters. The first-order chi connectivity index (χ1) is 14.9. The number of nitrogens with zero attached hydrogens (tertiary/aromatic N) is 3. The zero-order valence-electron chi connectivity index (χ0n) is 18.4.